The van der Waals surface area contributed by atoms with Crippen LogP contribution in [-0.4, -0.2) is 13.8 Å². The predicted molar refractivity (Wildman–Crippen MR) is 158 cm³/mol. The number of nitrogens with two attached hydrogens (primary N) is 2. The van der Waals surface area contributed by atoms with E-state index in [2.05, 4.69) is 74.3 Å². The summed E-state index contributed by atoms with van der Waals surface area (Å²) in [6.07, 6.45) is 11.8. The lowest BCUT2D eigenvalue weighted by Crippen LogP contribution is -2.39. The van der Waals surface area contributed by atoms with Crippen LogP contribution in [0.2, 0.25) is 0 Å². The largest absolute Gasteiger partial charge is 0.397 e. The van der Waals surface area contributed by atoms with Crippen LogP contribution in [0.5, 0.6) is 0 Å². The summed E-state index contributed by atoms with van der Waals surface area (Å²) < 4.78 is 0. The van der Waals surface area contributed by atoms with Crippen molar-refractivity contribution in [1.29, 1.82) is 0 Å². The summed E-state index contributed by atoms with van der Waals surface area (Å²) in [5.41, 5.74) is 17.9. The lowest BCUT2D eigenvalue weighted by molar-refractivity contribution is 0.0126. The predicted octanol–water partition coefficient (Wildman–Crippen LogP) is 7.87. The smallest absolute Gasteiger partial charge is 0.0634 e. The Morgan fingerprint density at radius 3 is 2.17 bits per heavy atom. The molecule has 0 saturated heterocycles. The van der Waals surface area contributed by atoms with Crippen LogP contribution in [0.3, 0.4) is 0 Å². The van der Waals surface area contributed by atoms with Gasteiger partial charge >= 0.3 is 0 Å². The first-order valence-corrected chi connectivity index (χ1v) is 13.7. The third kappa shape index (κ3) is 6.97. The molecular weight excluding hydrogens is 438 g/mol. The molecule has 0 spiro atoms. The average Bonchev–Trinajstić information content (AvgIpc) is 2.89. The van der Waals surface area contributed by atoms with Gasteiger partial charge in [-0.3, -0.25) is 4.99 Å². The molecule has 2 aromatic carbocycles. The second-order valence-corrected chi connectivity index (χ2v) is 11.3. The molecule has 2 unspecified atom stereocenters. The Morgan fingerprint density at radius 2 is 1.53 bits per heavy atom. The van der Waals surface area contributed by atoms with Gasteiger partial charge in [0, 0.05) is 5.56 Å². The number of benzene rings is 2. The van der Waals surface area contributed by atoms with Crippen LogP contribution in [0.25, 0.3) is 11.3 Å². The topological polar surface area (TPSA) is 64.4 Å². The summed E-state index contributed by atoms with van der Waals surface area (Å²) in [6.45, 7) is 12.8. The lowest BCUT2D eigenvalue weighted by Gasteiger charge is -2.50. The quantitative estimate of drug-likeness (QED) is 0.423. The van der Waals surface area contributed by atoms with E-state index in [1.54, 1.807) is 0 Å². The van der Waals surface area contributed by atoms with Crippen LogP contribution in [0, 0.1) is 23.2 Å². The van der Waals surface area contributed by atoms with Gasteiger partial charge in [-0.2, -0.15) is 0 Å². The van der Waals surface area contributed by atoms with E-state index in [1.807, 2.05) is 18.2 Å². The average molecular weight is 486 g/mol. The fourth-order valence-electron chi connectivity index (χ4n) is 7.16. The van der Waals surface area contributed by atoms with Crippen LogP contribution in [-0.2, 0) is 6.42 Å². The summed E-state index contributed by atoms with van der Waals surface area (Å²) in [4.78, 5) is 3.93. The molecule has 2 fully saturated rings. The van der Waals surface area contributed by atoms with Gasteiger partial charge in [0.2, 0.25) is 0 Å². The SMILES string of the molecule is C=C(CCC12CC(C)CC(CC(C)C1)C2)c1ccccc1.C=NC1=C(N)c2ccccc2CC1.CN. The highest BCUT2D eigenvalue weighted by Gasteiger charge is 2.43. The highest BCUT2D eigenvalue weighted by molar-refractivity contribution is 5.71. The number of hydrogen-bond donors (Lipinski definition) is 2. The molecule has 4 N–H and O–H groups in total. The van der Waals surface area contributed by atoms with Gasteiger partial charge in [0.25, 0.3) is 0 Å². The van der Waals surface area contributed by atoms with E-state index in [1.165, 1.54) is 68.7 Å². The van der Waals surface area contributed by atoms with Gasteiger partial charge in [-0.25, -0.2) is 0 Å². The minimum Gasteiger partial charge on any atom is -0.397 e. The highest BCUT2D eigenvalue weighted by Crippen LogP contribution is 2.55. The summed E-state index contributed by atoms with van der Waals surface area (Å²) in [6, 6.07) is 18.9. The van der Waals surface area contributed by atoms with Crippen molar-refractivity contribution < 1.29 is 0 Å². The Morgan fingerprint density at radius 1 is 0.917 bits per heavy atom. The molecule has 0 aromatic heterocycles. The molecule has 3 heteroatoms. The standard InChI is InChI=1S/C21H30.C11H12N2.CH5N/c1-16-11-19-12-17(2)14-21(13-16,15-19)10-9-18(3)20-7-5-4-6-8-20;1-13-10-7-6-8-4-2-3-5-9(8)11(10)12;1-2/h4-8,16-17,19H,3,9-15H2,1-2H3;2-5H,1,6-7,12H2;2H2,1H3. The van der Waals surface area contributed by atoms with Gasteiger partial charge in [0.15, 0.2) is 0 Å². The normalized spacial score (nSPS) is 26.4. The van der Waals surface area contributed by atoms with Crippen molar-refractivity contribution in [2.24, 2.45) is 39.6 Å². The van der Waals surface area contributed by atoms with Crippen molar-refractivity contribution in [2.45, 2.75) is 71.6 Å². The van der Waals surface area contributed by atoms with Crippen LogP contribution in [0.1, 0.15) is 81.9 Å². The van der Waals surface area contributed by atoms with Crippen LogP contribution in [0.4, 0.5) is 0 Å². The molecular formula is C33H47N3. The van der Waals surface area contributed by atoms with E-state index in [-0.39, 0.29) is 0 Å². The van der Waals surface area contributed by atoms with Crippen molar-refractivity contribution in [2.75, 3.05) is 7.05 Å². The molecule has 3 aliphatic carbocycles. The maximum absolute atomic E-state index is 5.95. The second kappa shape index (κ2) is 13.1. The lowest BCUT2D eigenvalue weighted by atomic mass is 9.55. The first-order valence-electron chi connectivity index (χ1n) is 13.7. The number of aliphatic imine (C=N–C) groups is 1. The van der Waals surface area contributed by atoms with Crippen LogP contribution in [0.15, 0.2) is 71.9 Å². The zero-order valence-corrected chi connectivity index (χ0v) is 22.8. The number of rotatable bonds is 5. The number of allylic oxidation sites excluding steroid dienone is 2. The molecule has 0 aliphatic heterocycles. The van der Waals surface area contributed by atoms with Gasteiger partial charge in [0.05, 0.1) is 11.4 Å². The summed E-state index contributed by atoms with van der Waals surface area (Å²) in [5.74, 6) is 2.87. The van der Waals surface area contributed by atoms with E-state index in [9.17, 15) is 0 Å². The number of nitrogens with zero attached hydrogens (tertiary/aromatic N) is 1. The summed E-state index contributed by atoms with van der Waals surface area (Å²) in [5, 5.41) is 0. The van der Waals surface area contributed by atoms with Crippen LogP contribution >= 0.6 is 0 Å². The van der Waals surface area contributed by atoms with Gasteiger partial charge in [-0.15, -0.1) is 0 Å². The van der Waals surface area contributed by atoms with Gasteiger partial charge < -0.3 is 11.5 Å². The van der Waals surface area contributed by atoms with Crippen molar-refractivity contribution in [3.8, 4) is 0 Å². The summed E-state index contributed by atoms with van der Waals surface area (Å²) in [7, 11) is 1.50. The summed E-state index contributed by atoms with van der Waals surface area (Å²) >= 11 is 0. The van der Waals surface area contributed by atoms with E-state index in [0.717, 1.165) is 47.6 Å². The first kappa shape index (κ1) is 27.9. The first-order chi connectivity index (χ1) is 17.4. The zero-order valence-electron chi connectivity index (χ0n) is 22.8. The molecule has 0 amide bonds. The maximum atomic E-state index is 5.95. The van der Waals surface area contributed by atoms with Gasteiger partial charge in [-0.1, -0.05) is 75.0 Å². The highest BCUT2D eigenvalue weighted by atomic mass is 14.8. The molecule has 2 saturated carbocycles. The Kier molecular flexibility index (Phi) is 10.1. The fraction of sp³-hybridized carbons (Fsp3) is 0.485. The molecule has 3 nitrogen and oxygen atoms in total. The molecule has 36 heavy (non-hydrogen) atoms. The second-order valence-electron chi connectivity index (χ2n) is 11.3. The van der Waals surface area contributed by atoms with Gasteiger partial charge in [0.1, 0.15) is 0 Å². The minimum atomic E-state index is 0.623. The molecule has 2 atom stereocenters. The Balaban J connectivity index is 0.000000206. The molecule has 194 valence electrons. The molecule has 3 aliphatic rings. The molecule has 5 rings (SSSR count). The Labute approximate surface area is 219 Å². The van der Waals surface area contributed by atoms with Crippen molar-refractivity contribution in [1.82, 2.24) is 0 Å². The molecule has 0 heterocycles. The Hall–Kier alpha value is -2.65. The fourth-order valence-corrected chi connectivity index (χ4v) is 7.16. The third-order valence-corrected chi connectivity index (χ3v) is 8.34. The number of aryl methyl sites for hydroxylation is 1. The number of fused-ring (bicyclic) bond motifs is 3. The van der Waals surface area contributed by atoms with E-state index in [4.69, 9.17) is 5.73 Å². The van der Waals surface area contributed by atoms with Crippen molar-refractivity contribution in [3.63, 3.8) is 0 Å². The third-order valence-electron chi connectivity index (χ3n) is 8.34. The minimum absolute atomic E-state index is 0.623. The molecule has 2 bridgehead atoms. The van der Waals surface area contributed by atoms with E-state index >= 15 is 0 Å². The van der Waals surface area contributed by atoms with Crippen LogP contribution < -0.4 is 11.5 Å². The molecule has 2 aromatic rings. The van der Waals surface area contributed by atoms with Gasteiger partial charge in [-0.05, 0) is 111 Å². The Bertz CT molecular complexity index is 1020. The van der Waals surface area contributed by atoms with Crippen molar-refractivity contribution in [3.05, 3.63) is 83.6 Å². The van der Waals surface area contributed by atoms with E-state index in [0.29, 0.717) is 5.41 Å². The maximum Gasteiger partial charge on any atom is 0.0634 e. The van der Waals surface area contributed by atoms with E-state index < -0.39 is 0 Å². The zero-order chi connectivity index (χ0) is 26.1. The molecule has 0 radical (unpaired) electrons. The number of hydrogen-bond acceptors (Lipinski definition) is 3. The van der Waals surface area contributed by atoms with Crippen molar-refractivity contribution >= 4 is 18.0 Å². The monoisotopic (exact) mass is 485 g/mol.